The van der Waals surface area contributed by atoms with E-state index in [0.29, 0.717) is 17.4 Å². The van der Waals surface area contributed by atoms with Crippen molar-refractivity contribution in [2.45, 2.75) is 52.8 Å². The van der Waals surface area contributed by atoms with Crippen LogP contribution in [0.2, 0.25) is 0 Å². The summed E-state index contributed by atoms with van der Waals surface area (Å²) in [7, 11) is 0. The molecule has 0 radical (unpaired) electrons. The maximum atomic E-state index is 13.1. The number of aromatic nitrogens is 3. The number of ether oxygens (including phenoxy) is 1. The van der Waals surface area contributed by atoms with Crippen LogP contribution in [0.5, 0.6) is 5.88 Å². The van der Waals surface area contributed by atoms with E-state index >= 15 is 0 Å². The van der Waals surface area contributed by atoms with E-state index in [2.05, 4.69) is 35.8 Å². The number of nitrogens with two attached hydrogens (primary N) is 1. The summed E-state index contributed by atoms with van der Waals surface area (Å²) in [6.45, 7) is 8.55. The van der Waals surface area contributed by atoms with E-state index in [1.54, 1.807) is 12.3 Å². The Morgan fingerprint density at radius 3 is 2.55 bits per heavy atom. The number of alkyl halides is 3. The average molecular weight is 439 g/mol. The summed E-state index contributed by atoms with van der Waals surface area (Å²) in [5.74, 6) is 0.240. The fourth-order valence-corrected chi connectivity index (χ4v) is 3.89. The van der Waals surface area contributed by atoms with Gasteiger partial charge in [0.2, 0.25) is 5.88 Å². The third-order valence-electron chi connectivity index (χ3n) is 5.64. The number of anilines is 1. The largest absolute Gasteiger partial charge is 0.476 e. The average Bonchev–Trinajstić information content (AvgIpc) is 3.21. The van der Waals surface area contributed by atoms with Gasteiger partial charge in [0.15, 0.2) is 0 Å². The third-order valence-corrected chi connectivity index (χ3v) is 5.64. The predicted octanol–water partition coefficient (Wildman–Crippen LogP) is 3.96. The van der Waals surface area contributed by atoms with Crippen LogP contribution < -0.4 is 15.4 Å². The molecule has 0 aromatic carbocycles. The highest BCUT2D eigenvalue weighted by atomic mass is 19.4. The number of amides is 1. The van der Waals surface area contributed by atoms with Gasteiger partial charge in [-0.2, -0.15) is 13.2 Å². The predicted molar refractivity (Wildman–Crippen MR) is 110 cm³/mol. The summed E-state index contributed by atoms with van der Waals surface area (Å²) >= 11 is 0. The molecule has 0 unspecified atom stereocenters. The minimum Gasteiger partial charge on any atom is -0.476 e. The first kappa shape index (κ1) is 22.9. The number of halogens is 3. The molecule has 10 heteroatoms. The minimum atomic E-state index is -4.41. The van der Waals surface area contributed by atoms with Crippen LogP contribution in [0.4, 0.5) is 19.0 Å². The number of carbonyl (C=O) groups is 1. The molecule has 0 aliphatic carbocycles. The molecule has 1 saturated heterocycles. The zero-order chi connectivity index (χ0) is 23.2. The lowest BCUT2D eigenvalue weighted by Gasteiger charge is -2.33. The Kier molecular flexibility index (Phi) is 5.70. The van der Waals surface area contributed by atoms with E-state index in [4.69, 9.17) is 10.5 Å². The smallest absolute Gasteiger partial charge is 0.397 e. The molecule has 170 valence electrons. The topological polar surface area (TPSA) is 86.3 Å². The number of primary amides is 1. The van der Waals surface area contributed by atoms with Crippen molar-refractivity contribution >= 4 is 11.7 Å². The molecule has 1 amide bonds. The normalized spacial score (nSPS) is 19.0. The first-order valence-corrected chi connectivity index (χ1v) is 10.0. The van der Waals surface area contributed by atoms with Crippen molar-refractivity contribution in [3.05, 3.63) is 30.1 Å². The number of nitrogens with zero attached hydrogens (tertiary/aromatic N) is 4. The van der Waals surface area contributed by atoms with Crippen molar-refractivity contribution in [3.63, 3.8) is 0 Å². The first-order chi connectivity index (χ1) is 14.2. The van der Waals surface area contributed by atoms with Crippen molar-refractivity contribution in [3.8, 4) is 11.6 Å². The number of rotatable bonds is 6. The van der Waals surface area contributed by atoms with E-state index in [0.717, 1.165) is 26.8 Å². The Hall–Kier alpha value is -2.78. The van der Waals surface area contributed by atoms with Crippen molar-refractivity contribution in [1.29, 1.82) is 0 Å². The molecule has 3 heterocycles. The molecule has 0 spiro atoms. The maximum absolute atomic E-state index is 13.1. The SMILES string of the molecule is C[C@@H]1CN(c2nccc(-n3ccc(OCC(C)(C)C(F)(F)F)n3)c2C(N)=O)C(C)(C)C1. The van der Waals surface area contributed by atoms with Crippen LogP contribution in [0, 0.1) is 11.3 Å². The summed E-state index contributed by atoms with van der Waals surface area (Å²) in [5, 5.41) is 4.20. The van der Waals surface area contributed by atoms with Crippen molar-refractivity contribution in [1.82, 2.24) is 14.8 Å². The van der Waals surface area contributed by atoms with E-state index in [9.17, 15) is 18.0 Å². The van der Waals surface area contributed by atoms with Crippen LogP contribution in [0.15, 0.2) is 24.5 Å². The van der Waals surface area contributed by atoms with Crippen LogP contribution in [-0.4, -0.2) is 45.5 Å². The van der Waals surface area contributed by atoms with Crippen LogP contribution in [0.25, 0.3) is 5.69 Å². The Morgan fingerprint density at radius 2 is 2.00 bits per heavy atom. The van der Waals surface area contributed by atoms with Gasteiger partial charge in [-0.05, 0) is 46.1 Å². The highest BCUT2D eigenvalue weighted by Crippen LogP contribution is 2.39. The summed E-state index contributed by atoms with van der Waals surface area (Å²) in [5.41, 5.74) is 4.06. The molecule has 7 nitrogen and oxygen atoms in total. The van der Waals surface area contributed by atoms with Gasteiger partial charge in [-0.3, -0.25) is 4.79 Å². The summed E-state index contributed by atoms with van der Waals surface area (Å²) in [6.07, 6.45) is -0.398. The van der Waals surface area contributed by atoms with E-state index < -0.39 is 24.1 Å². The molecule has 1 atom stereocenters. The highest BCUT2D eigenvalue weighted by Gasteiger charge is 2.48. The molecule has 1 fully saturated rings. The van der Waals surface area contributed by atoms with Gasteiger partial charge in [0.25, 0.3) is 5.91 Å². The van der Waals surface area contributed by atoms with Gasteiger partial charge in [0.05, 0.1) is 11.1 Å². The quantitative estimate of drug-likeness (QED) is 0.736. The summed E-state index contributed by atoms with van der Waals surface area (Å²) in [6, 6.07) is 3.03. The van der Waals surface area contributed by atoms with Crippen molar-refractivity contribution in [2.24, 2.45) is 17.1 Å². The summed E-state index contributed by atoms with van der Waals surface area (Å²) < 4.78 is 45.8. The van der Waals surface area contributed by atoms with Gasteiger partial charge in [-0.1, -0.05) is 6.92 Å². The lowest BCUT2D eigenvalue weighted by Crippen LogP contribution is -2.40. The Morgan fingerprint density at radius 1 is 1.32 bits per heavy atom. The molecule has 2 N–H and O–H groups in total. The fourth-order valence-electron chi connectivity index (χ4n) is 3.89. The van der Waals surface area contributed by atoms with Crippen molar-refractivity contribution < 1.29 is 22.7 Å². The molecule has 3 rings (SSSR count). The molecule has 0 saturated carbocycles. The lowest BCUT2D eigenvalue weighted by molar-refractivity contribution is -0.219. The second-order valence-corrected chi connectivity index (χ2v) is 9.39. The monoisotopic (exact) mass is 439 g/mol. The van der Waals surface area contributed by atoms with E-state index in [-0.39, 0.29) is 17.0 Å². The molecule has 1 aliphatic heterocycles. The van der Waals surface area contributed by atoms with Gasteiger partial charge < -0.3 is 15.4 Å². The number of hydrogen-bond acceptors (Lipinski definition) is 5. The molecule has 1 aliphatic rings. The molecule has 2 aromatic heterocycles. The Labute approximate surface area is 179 Å². The van der Waals surface area contributed by atoms with Gasteiger partial charge in [0, 0.05) is 30.5 Å². The van der Waals surface area contributed by atoms with Crippen LogP contribution in [0.1, 0.15) is 51.4 Å². The lowest BCUT2D eigenvalue weighted by atomic mass is 9.94. The zero-order valence-corrected chi connectivity index (χ0v) is 18.3. The third kappa shape index (κ3) is 4.47. The van der Waals surface area contributed by atoms with Crippen molar-refractivity contribution in [2.75, 3.05) is 18.1 Å². The van der Waals surface area contributed by atoms with Gasteiger partial charge in [-0.25, -0.2) is 9.67 Å². The standard InChI is InChI=1S/C21H28F3N5O2/c1-13-10-20(4,5)28(11-13)18-16(17(25)30)14(6-8-26-18)29-9-7-15(27-29)31-12-19(2,3)21(22,23)24/h6-9,13H,10-12H2,1-5H3,(H2,25,30)/t13-/m0/s1. The Balaban J connectivity index is 1.93. The minimum absolute atomic E-state index is 0.0150. The summed E-state index contributed by atoms with van der Waals surface area (Å²) in [4.78, 5) is 18.9. The number of carbonyl (C=O) groups excluding carboxylic acids is 1. The van der Waals surface area contributed by atoms with Crippen LogP contribution in [0.3, 0.4) is 0 Å². The van der Waals surface area contributed by atoms with Gasteiger partial charge in [-0.15, -0.1) is 5.10 Å². The Bertz CT molecular complexity index is 968. The highest BCUT2D eigenvalue weighted by molar-refractivity contribution is 6.01. The second-order valence-electron chi connectivity index (χ2n) is 9.39. The number of pyridine rings is 1. The molecular weight excluding hydrogens is 411 g/mol. The molecule has 0 bridgehead atoms. The van der Waals surface area contributed by atoms with E-state index in [1.807, 2.05) is 0 Å². The maximum Gasteiger partial charge on any atom is 0.397 e. The van der Waals surface area contributed by atoms with Crippen LogP contribution in [-0.2, 0) is 0 Å². The molecule has 31 heavy (non-hydrogen) atoms. The number of hydrogen-bond donors (Lipinski definition) is 1. The first-order valence-electron chi connectivity index (χ1n) is 10.0. The second kappa shape index (κ2) is 7.72. The fraction of sp³-hybridized carbons (Fsp3) is 0.571. The molecule has 2 aromatic rings. The zero-order valence-electron chi connectivity index (χ0n) is 18.3. The van der Waals surface area contributed by atoms with Gasteiger partial charge in [0.1, 0.15) is 18.0 Å². The van der Waals surface area contributed by atoms with Crippen LogP contribution >= 0.6 is 0 Å². The molecular formula is C21H28F3N5O2. The van der Waals surface area contributed by atoms with Gasteiger partial charge >= 0.3 is 6.18 Å². The van der Waals surface area contributed by atoms with E-state index in [1.165, 1.54) is 16.9 Å².